The van der Waals surface area contributed by atoms with Gasteiger partial charge in [-0.05, 0) is 61.1 Å². The number of piperidine rings is 1. The number of aromatic nitrogens is 1. The van der Waals surface area contributed by atoms with E-state index in [1.165, 1.54) is 23.5 Å². The van der Waals surface area contributed by atoms with Crippen LogP contribution in [0.25, 0.3) is 10.2 Å². The van der Waals surface area contributed by atoms with Crippen molar-refractivity contribution >= 4 is 37.5 Å². The van der Waals surface area contributed by atoms with Crippen molar-refractivity contribution in [3.05, 3.63) is 58.4 Å². The summed E-state index contributed by atoms with van der Waals surface area (Å²) >= 11 is 1.46. The summed E-state index contributed by atoms with van der Waals surface area (Å²) in [6.07, 6.45) is 1.04. The third-order valence-electron chi connectivity index (χ3n) is 5.80. The van der Waals surface area contributed by atoms with Gasteiger partial charge in [0.1, 0.15) is 0 Å². The first-order valence-electron chi connectivity index (χ1n) is 10.4. The van der Waals surface area contributed by atoms with Crippen LogP contribution in [0.15, 0.2) is 52.4 Å². The topological polar surface area (TPSA) is 71.7 Å². The van der Waals surface area contributed by atoms with E-state index in [0.717, 1.165) is 22.2 Å². The summed E-state index contributed by atoms with van der Waals surface area (Å²) in [6.45, 7) is 7.26. The summed E-state index contributed by atoms with van der Waals surface area (Å²) in [5, 5.41) is 0. The van der Waals surface area contributed by atoms with Crippen LogP contribution in [-0.2, 0) is 17.1 Å². The number of hydrogen-bond acceptors (Lipinski definition) is 4. The molecular weight excluding hydrogens is 430 g/mol. The monoisotopic (exact) mass is 457 g/mol. The Morgan fingerprint density at radius 2 is 1.71 bits per heavy atom. The molecule has 3 aromatic rings. The second-order valence-corrected chi connectivity index (χ2v) is 11.5. The highest BCUT2D eigenvalue weighted by molar-refractivity contribution is 7.89. The van der Waals surface area contributed by atoms with E-state index in [-0.39, 0.29) is 10.8 Å². The lowest BCUT2D eigenvalue weighted by atomic mass is 9.94. The van der Waals surface area contributed by atoms with Gasteiger partial charge in [0, 0.05) is 25.7 Å². The molecule has 2 aromatic carbocycles. The number of para-hydroxylation sites is 1. The minimum atomic E-state index is -3.57. The van der Waals surface area contributed by atoms with Crippen molar-refractivity contribution in [2.45, 2.75) is 32.1 Å². The molecule has 2 heterocycles. The molecule has 8 heteroatoms. The van der Waals surface area contributed by atoms with E-state index in [9.17, 15) is 13.2 Å². The Kier molecular flexibility index (Phi) is 5.89. The maximum absolute atomic E-state index is 13.0. The Hall–Kier alpha value is -2.29. The van der Waals surface area contributed by atoms with E-state index in [1.807, 2.05) is 36.7 Å². The predicted octanol–water partition coefficient (Wildman–Crippen LogP) is 3.96. The summed E-state index contributed by atoms with van der Waals surface area (Å²) in [5.41, 5.74) is 2.56. The fraction of sp³-hybridized carbons (Fsp3) is 0.391. The molecule has 6 nitrogen and oxygen atoms in total. The number of fused-ring (bicyclic) bond motifs is 1. The first kappa shape index (κ1) is 21.9. The van der Waals surface area contributed by atoms with Gasteiger partial charge in [-0.15, -0.1) is 0 Å². The number of carbonyl (C=O) groups is 1. The molecule has 4 rings (SSSR count). The van der Waals surface area contributed by atoms with Gasteiger partial charge in [-0.25, -0.2) is 8.42 Å². The van der Waals surface area contributed by atoms with Gasteiger partial charge in [-0.3, -0.25) is 4.79 Å². The Labute approximate surface area is 186 Å². The molecule has 1 saturated heterocycles. The van der Waals surface area contributed by atoms with Crippen LogP contribution < -0.4 is 4.80 Å². The highest BCUT2D eigenvalue weighted by atomic mass is 32.2. The van der Waals surface area contributed by atoms with Crippen molar-refractivity contribution in [1.29, 1.82) is 0 Å². The number of sulfonamides is 1. The predicted molar refractivity (Wildman–Crippen MR) is 124 cm³/mol. The summed E-state index contributed by atoms with van der Waals surface area (Å²) < 4.78 is 30.6. The molecule has 1 aromatic heterocycles. The molecule has 1 aliphatic heterocycles. The number of rotatable bonds is 3. The number of amides is 1. The number of hydrogen-bond donors (Lipinski definition) is 0. The Morgan fingerprint density at radius 3 is 2.32 bits per heavy atom. The van der Waals surface area contributed by atoms with Gasteiger partial charge in [0.25, 0.3) is 5.91 Å². The van der Waals surface area contributed by atoms with Crippen LogP contribution in [0.3, 0.4) is 0 Å². The number of carbonyl (C=O) groups excluding carboxylic acids is 1. The fourth-order valence-electron chi connectivity index (χ4n) is 4.38. The standard InChI is InChI=1S/C23H27N3O3S2/c1-15-12-16(2)14-26(13-15)31(28,29)19-10-8-18(9-11-19)22(27)24-23-25(4)21-17(3)6-5-7-20(21)30-23/h5-11,15-16H,12-14H2,1-4H3/t15-,16-/m0/s1. The van der Waals surface area contributed by atoms with Crippen LogP contribution >= 0.6 is 11.3 Å². The third-order valence-corrected chi connectivity index (χ3v) is 8.74. The minimum Gasteiger partial charge on any atom is -0.319 e. The smallest absolute Gasteiger partial charge is 0.279 e. The molecule has 0 aliphatic carbocycles. The van der Waals surface area contributed by atoms with Gasteiger partial charge in [0.05, 0.1) is 15.1 Å². The first-order valence-corrected chi connectivity index (χ1v) is 12.7. The SMILES string of the molecule is Cc1cccc2sc(=NC(=O)c3ccc(S(=O)(=O)N4C[C@@H](C)C[C@H](C)C4)cc3)n(C)c12. The van der Waals surface area contributed by atoms with Gasteiger partial charge in [0.2, 0.25) is 10.0 Å². The minimum absolute atomic E-state index is 0.216. The number of aryl methyl sites for hydroxylation is 2. The van der Waals surface area contributed by atoms with Crippen molar-refractivity contribution in [3.8, 4) is 0 Å². The second-order valence-electron chi connectivity index (χ2n) is 8.57. The molecule has 1 aliphatic rings. The van der Waals surface area contributed by atoms with Crippen LogP contribution in [0, 0.1) is 18.8 Å². The fourth-order valence-corrected chi connectivity index (χ4v) is 7.15. The molecule has 1 fully saturated rings. The molecule has 0 radical (unpaired) electrons. The van der Waals surface area contributed by atoms with Crippen LogP contribution in [-0.4, -0.2) is 36.3 Å². The van der Waals surface area contributed by atoms with Gasteiger partial charge < -0.3 is 4.57 Å². The van der Waals surface area contributed by atoms with E-state index >= 15 is 0 Å². The number of nitrogens with zero attached hydrogens (tertiary/aromatic N) is 3. The molecule has 1 amide bonds. The highest BCUT2D eigenvalue weighted by Crippen LogP contribution is 2.27. The first-order chi connectivity index (χ1) is 14.7. The quantitative estimate of drug-likeness (QED) is 0.598. The molecule has 0 saturated carbocycles. The van der Waals surface area contributed by atoms with E-state index in [0.29, 0.717) is 35.3 Å². The van der Waals surface area contributed by atoms with Crippen LogP contribution in [0.5, 0.6) is 0 Å². The van der Waals surface area contributed by atoms with E-state index < -0.39 is 10.0 Å². The average molecular weight is 458 g/mol. The zero-order valence-corrected chi connectivity index (χ0v) is 19.8. The van der Waals surface area contributed by atoms with Crippen molar-refractivity contribution in [3.63, 3.8) is 0 Å². The zero-order valence-electron chi connectivity index (χ0n) is 18.2. The van der Waals surface area contributed by atoms with Crippen LogP contribution in [0.2, 0.25) is 0 Å². The van der Waals surface area contributed by atoms with Gasteiger partial charge in [-0.1, -0.05) is 37.3 Å². The van der Waals surface area contributed by atoms with E-state index in [1.54, 1.807) is 16.4 Å². The third kappa shape index (κ3) is 4.24. The summed E-state index contributed by atoms with van der Waals surface area (Å²) in [7, 11) is -1.67. The number of benzene rings is 2. The van der Waals surface area contributed by atoms with Crippen molar-refractivity contribution in [2.75, 3.05) is 13.1 Å². The average Bonchev–Trinajstić information content (AvgIpc) is 3.04. The van der Waals surface area contributed by atoms with Gasteiger partial charge in [0.15, 0.2) is 4.80 Å². The molecule has 0 unspecified atom stereocenters. The lowest BCUT2D eigenvalue weighted by Gasteiger charge is -2.34. The number of thiazole rings is 1. The molecule has 2 atom stereocenters. The lowest BCUT2D eigenvalue weighted by Crippen LogP contribution is -2.42. The van der Waals surface area contributed by atoms with Crippen molar-refractivity contribution in [1.82, 2.24) is 8.87 Å². The van der Waals surface area contributed by atoms with E-state index in [4.69, 9.17) is 0 Å². The summed E-state index contributed by atoms with van der Waals surface area (Å²) in [6, 6.07) is 12.2. The van der Waals surface area contributed by atoms with Crippen molar-refractivity contribution in [2.24, 2.45) is 23.9 Å². The molecule has 31 heavy (non-hydrogen) atoms. The van der Waals surface area contributed by atoms with Gasteiger partial charge in [-0.2, -0.15) is 9.30 Å². The summed E-state index contributed by atoms with van der Waals surface area (Å²) in [5.74, 6) is 0.289. The second kappa shape index (κ2) is 8.33. The Bertz CT molecular complexity index is 1290. The maximum atomic E-state index is 13.0. The normalized spacial score (nSPS) is 21.0. The van der Waals surface area contributed by atoms with E-state index in [2.05, 4.69) is 18.8 Å². The Morgan fingerprint density at radius 1 is 1.06 bits per heavy atom. The van der Waals surface area contributed by atoms with Crippen LogP contribution in [0.4, 0.5) is 0 Å². The lowest BCUT2D eigenvalue weighted by molar-refractivity contribution is 0.0998. The zero-order chi connectivity index (χ0) is 22.3. The largest absolute Gasteiger partial charge is 0.319 e. The van der Waals surface area contributed by atoms with Gasteiger partial charge >= 0.3 is 0 Å². The summed E-state index contributed by atoms with van der Waals surface area (Å²) in [4.78, 5) is 17.9. The highest BCUT2D eigenvalue weighted by Gasteiger charge is 2.31. The molecule has 0 spiro atoms. The molecule has 0 N–H and O–H groups in total. The van der Waals surface area contributed by atoms with Crippen LogP contribution in [0.1, 0.15) is 36.2 Å². The molecule has 164 valence electrons. The maximum Gasteiger partial charge on any atom is 0.279 e. The molecule has 0 bridgehead atoms. The van der Waals surface area contributed by atoms with Crippen molar-refractivity contribution < 1.29 is 13.2 Å². The Balaban J connectivity index is 1.61. The molecular formula is C23H27N3O3S2.